The molecule has 0 aromatic heterocycles. The highest BCUT2D eigenvalue weighted by Gasteiger charge is 2.03. The minimum absolute atomic E-state index is 1.12. The SMILES string of the molecule is CC1=CC[CH]C(C)=C1C. The highest BCUT2D eigenvalue weighted by Crippen LogP contribution is 2.22. The molecule has 0 unspecified atom stereocenters. The van der Waals surface area contributed by atoms with Crippen molar-refractivity contribution in [1.82, 2.24) is 0 Å². The van der Waals surface area contributed by atoms with E-state index in [-0.39, 0.29) is 0 Å². The van der Waals surface area contributed by atoms with Gasteiger partial charge in [-0.05, 0) is 39.2 Å². The normalized spacial score (nSPS) is 20.1. The zero-order valence-electron chi connectivity index (χ0n) is 6.36. The monoisotopic (exact) mass is 121 g/mol. The molecular formula is C9H13. The summed E-state index contributed by atoms with van der Waals surface area (Å²) in [5, 5.41) is 0. The molecule has 0 nitrogen and oxygen atoms in total. The van der Waals surface area contributed by atoms with Gasteiger partial charge in [-0.15, -0.1) is 0 Å². The first kappa shape index (κ1) is 6.60. The maximum atomic E-state index is 2.27. The summed E-state index contributed by atoms with van der Waals surface area (Å²) < 4.78 is 0. The summed E-state index contributed by atoms with van der Waals surface area (Å²) in [6, 6.07) is 0. The minimum Gasteiger partial charge on any atom is -0.0807 e. The second kappa shape index (κ2) is 2.38. The molecule has 0 spiro atoms. The molecule has 1 aliphatic rings. The van der Waals surface area contributed by atoms with Crippen LogP contribution in [0.5, 0.6) is 0 Å². The lowest BCUT2D eigenvalue weighted by molar-refractivity contribution is 1.09. The molecule has 0 heterocycles. The van der Waals surface area contributed by atoms with Gasteiger partial charge in [0, 0.05) is 0 Å². The Bertz CT molecular complexity index is 170. The lowest BCUT2D eigenvalue weighted by atomic mass is 9.94. The molecule has 49 valence electrons. The van der Waals surface area contributed by atoms with Crippen molar-refractivity contribution < 1.29 is 0 Å². The van der Waals surface area contributed by atoms with Gasteiger partial charge in [-0.1, -0.05) is 17.2 Å². The summed E-state index contributed by atoms with van der Waals surface area (Å²) in [6.45, 7) is 6.52. The van der Waals surface area contributed by atoms with Crippen molar-refractivity contribution in [3.05, 3.63) is 29.2 Å². The van der Waals surface area contributed by atoms with E-state index in [2.05, 4.69) is 33.3 Å². The van der Waals surface area contributed by atoms with Crippen LogP contribution in [0.2, 0.25) is 0 Å². The number of allylic oxidation sites excluding steroid dienone is 4. The predicted molar refractivity (Wildman–Crippen MR) is 41.0 cm³/mol. The van der Waals surface area contributed by atoms with Crippen LogP contribution in [-0.2, 0) is 0 Å². The molecule has 0 amide bonds. The first-order valence-electron chi connectivity index (χ1n) is 3.39. The van der Waals surface area contributed by atoms with E-state index in [9.17, 15) is 0 Å². The average molecular weight is 121 g/mol. The minimum atomic E-state index is 1.12. The Morgan fingerprint density at radius 3 is 2.33 bits per heavy atom. The lowest BCUT2D eigenvalue weighted by Gasteiger charge is -2.12. The molecule has 0 aromatic carbocycles. The van der Waals surface area contributed by atoms with Gasteiger partial charge in [-0.3, -0.25) is 0 Å². The standard InChI is InChI=1S/C9H13/c1-7-5-4-6-8(2)9(7)3/h5-6H,4H2,1-3H3. The fourth-order valence-electron chi connectivity index (χ4n) is 1.03. The summed E-state index contributed by atoms with van der Waals surface area (Å²) in [7, 11) is 0. The third-order valence-corrected chi connectivity index (χ3v) is 2.03. The van der Waals surface area contributed by atoms with Gasteiger partial charge in [0.1, 0.15) is 0 Å². The second-order valence-corrected chi connectivity index (χ2v) is 2.63. The Labute approximate surface area is 57.3 Å². The molecule has 0 bridgehead atoms. The fourth-order valence-corrected chi connectivity index (χ4v) is 1.03. The van der Waals surface area contributed by atoms with E-state index in [1.54, 1.807) is 0 Å². The molecule has 1 radical (unpaired) electrons. The maximum absolute atomic E-state index is 2.27. The third-order valence-electron chi connectivity index (χ3n) is 2.03. The Hall–Kier alpha value is -0.520. The van der Waals surface area contributed by atoms with Crippen molar-refractivity contribution in [2.24, 2.45) is 0 Å². The molecule has 1 rings (SSSR count). The van der Waals surface area contributed by atoms with Gasteiger partial charge in [0.25, 0.3) is 0 Å². The van der Waals surface area contributed by atoms with E-state index in [4.69, 9.17) is 0 Å². The van der Waals surface area contributed by atoms with E-state index in [1.807, 2.05) is 0 Å². The Morgan fingerprint density at radius 2 is 1.89 bits per heavy atom. The zero-order valence-corrected chi connectivity index (χ0v) is 6.36. The van der Waals surface area contributed by atoms with E-state index in [1.165, 1.54) is 16.7 Å². The highest BCUT2D eigenvalue weighted by molar-refractivity contribution is 5.38. The summed E-state index contributed by atoms with van der Waals surface area (Å²) in [4.78, 5) is 0. The van der Waals surface area contributed by atoms with Crippen LogP contribution >= 0.6 is 0 Å². The van der Waals surface area contributed by atoms with Crippen molar-refractivity contribution in [2.45, 2.75) is 27.2 Å². The Balaban J connectivity index is 2.88. The van der Waals surface area contributed by atoms with E-state index < -0.39 is 0 Å². The predicted octanol–water partition coefficient (Wildman–Crippen LogP) is 2.88. The fraction of sp³-hybridized carbons (Fsp3) is 0.444. The van der Waals surface area contributed by atoms with Crippen LogP contribution in [0.25, 0.3) is 0 Å². The van der Waals surface area contributed by atoms with Crippen molar-refractivity contribution in [3.63, 3.8) is 0 Å². The molecular weight excluding hydrogens is 108 g/mol. The number of rotatable bonds is 0. The van der Waals surface area contributed by atoms with Crippen LogP contribution < -0.4 is 0 Å². The van der Waals surface area contributed by atoms with Crippen molar-refractivity contribution in [1.29, 1.82) is 0 Å². The van der Waals surface area contributed by atoms with Gasteiger partial charge in [0.05, 0.1) is 0 Å². The lowest BCUT2D eigenvalue weighted by Crippen LogP contribution is -1.93. The average Bonchev–Trinajstić information content (AvgIpc) is 1.83. The molecule has 0 aromatic rings. The second-order valence-electron chi connectivity index (χ2n) is 2.63. The Kier molecular flexibility index (Phi) is 1.75. The topological polar surface area (TPSA) is 0 Å². The van der Waals surface area contributed by atoms with Crippen LogP contribution in [0.3, 0.4) is 0 Å². The van der Waals surface area contributed by atoms with Gasteiger partial charge < -0.3 is 0 Å². The van der Waals surface area contributed by atoms with Crippen molar-refractivity contribution in [3.8, 4) is 0 Å². The van der Waals surface area contributed by atoms with Crippen LogP contribution in [-0.4, -0.2) is 0 Å². The quantitative estimate of drug-likeness (QED) is 0.462. The van der Waals surface area contributed by atoms with Crippen LogP contribution in [0.1, 0.15) is 27.2 Å². The third kappa shape index (κ3) is 1.24. The van der Waals surface area contributed by atoms with Gasteiger partial charge in [0.15, 0.2) is 0 Å². The number of hydrogen-bond acceptors (Lipinski definition) is 0. The molecule has 0 fully saturated rings. The zero-order chi connectivity index (χ0) is 6.85. The van der Waals surface area contributed by atoms with Crippen molar-refractivity contribution >= 4 is 0 Å². The van der Waals surface area contributed by atoms with E-state index in [0.717, 1.165) is 6.42 Å². The van der Waals surface area contributed by atoms with Gasteiger partial charge in [-0.25, -0.2) is 0 Å². The molecule has 0 aliphatic heterocycles. The van der Waals surface area contributed by atoms with Crippen LogP contribution in [0, 0.1) is 6.42 Å². The molecule has 0 heteroatoms. The van der Waals surface area contributed by atoms with Crippen LogP contribution in [0.15, 0.2) is 22.8 Å². The molecule has 0 saturated carbocycles. The summed E-state index contributed by atoms with van der Waals surface area (Å²) >= 11 is 0. The molecule has 0 atom stereocenters. The molecule has 0 N–H and O–H groups in total. The first-order valence-corrected chi connectivity index (χ1v) is 3.39. The largest absolute Gasteiger partial charge is 0.0807 e. The van der Waals surface area contributed by atoms with Gasteiger partial charge >= 0.3 is 0 Å². The molecule has 1 aliphatic carbocycles. The summed E-state index contributed by atoms with van der Waals surface area (Å²) in [6.07, 6.45) is 5.65. The van der Waals surface area contributed by atoms with E-state index in [0.29, 0.717) is 0 Å². The van der Waals surface area contributed by atoms with Gasteiger partial charge in [-0.2, -0.15) is 0 Å². The molecule has 0 saturated heterocycles. The van der Waals surface area contributed by atoms with E-state index >= 15 is 0 Å². The summed E-state index contributed by atoms with van der Waals surface area (Å²) in [5.74, 6) is 0. The first-order chi connectivity index (χ1) is 4.22. The number of hydrogen-bond donors (Lipinski definition) is 0. The Morgan fingerprint density at radius 1 is 1.22 bits per heavy atom. The maximum Gasteiger partial charge on any atom is -0.00967 e. The highest BCUT2D eigenvalue weighted by atomic mass is 14.1. The van der Waals surface area contributed by atoms with Gasteiger partial charge in [0.2, 0.25) is 0 Å². The van der Waals surface area contributed by atoms with Crippen molar-refractivity contribution in [2.75, 3.05) is 0 Å². The smallest absolute Gasteiger partial charge is 0.00967 e. The molecule has 9 heavy (non-hydrogen) atoms. The summed E-state index contributed by atoms with van der Waals surface area (Å²) in [5.41, 5.74) is 4.33. The van der Waals surface area contributed by atoms with Crippen LogP contribution in [0.4, 0.5) is 0 Å².